The van der Waals surface area contributed by atoms with Crippen LogP contribution in [0.25, 0.3) is 11.0 Å². The van der Waals surface area contributed by atoms with Crippen LogP contribution in [0.3, 0.4) is 0 Å². The van der Waals surface area contributed by atoms with Gasteiger partial charge in [0.2, 0.25) is 5.91 Å². The molecule has 1 N–H and O–H groups in total. The molecular weight excluding hydrogens is 432 g/mol. The van der Waals surface area contributed by atoms with Gasteiger partial charge in [0.15, 0.2) is 0 Å². The number of rotatable bonds is 4. The van der Waals surface area contributed by atoms with Crippen molar-refractivity contribution >= 4 is 50.3 Å². The maximum absolute atomic E-state index is 12.6. The van der Waals surface area contributed by atoms with Gasteiger partial charge in [-0.2, -0.15) is 0 Å². The highest BCUT2D eigenvalue weighted by molar-refractivity contribution is 9.10. The van der Waals surface area contributed by atoms with Gasteiger partial charge in [0.25, 0.3) is 5.56 Å². The van der Waals surface area contributed by atoms with E-state index in [9.17, 15) is 14.4 Å². The fourth-order valence-electron chi connectivity index (χ4n) is 2.65. The number of carbonyl (C=O) groups is 1. The van der Waals surface area contributed by atoms with Gasteiger partial charge < -0.3 is 5.32 Å². The largest absolute Gasteiger partial charge is 0.332 e. The molecule has 0 aliphatic heterocycles. The van der Waals surface area contributed by atoms with Crippen molar-refractivity contribution < 1.29 is 4.79 Å². The number of hydrogen-bond donors (Lipinski definition) is 1. The van der Waals surface area contributed by atoms with Gasteiger partial charge >= 0.3 is 5.69 Å². The van der Waals surface area contributed by atoms with E-state index in [0.717, 1.165) is 14.6 Å². The molecule has 7 nitrogen and oxygen atoms in total. The predicted octanol–water partition coefficient (Wildman–Crippen LogP) is 2.43. The number of carbonyl (C=O) groups excluding carboxylic acids is 1. The Morgan fingerprint density at radius 2 is 1.85 bits per heavy atom. The lowest BCUT2D eigenvalue weighted by atomic mass is 10.2. The van der Waals surface area contributed by atoms with Gasteiger partial charge in [-0.3, -0.25) is 18.7 Å². The van der Waals surface area contributed by atoms with Crippen molar-refractivity contribution in [2.24, 2.45) is 14.1 Å². The van der Waals surface area contributed by atoms with Crippen molar-refractivity contribution in [1.29, 1.82) is 0 Å². The van der Waals surface area contributed by atoms with Crippen LogP contribution < -0.4 is 16.6 Å². The van der Waals surface area contributed by atoms with Crippen molar-refractivity contribution in [2.45, 2.75) is 11.8 Å². The second kappa shape index (κ2) is 7.69. The zero-order valence-electron chi connectivity index (χ0n) is 14.9. The molecule has 1 amide bonds. The normalized spacial score (nSPS) is 11.0. The number of pyridine rings is 1. The Kier molecular flexibility index (Phi) is 5.52. The van der Waals surface area contributed by atoms with Crippen LogP contribution in [-0.4, -0.2) is 25.8 Å². The van der Waals surface area contributed by atoms with Gasteiger partial charge in [0.05, 0.1) is 11.1 Å². The second-order valence-electron chi connectivity index (χ2n) is 6.02. The summed E-state index contributed by atoms with van der Waals surface area (Å²) in [4.78, 5) is 41.9. The van der Waals surface area contributed by atoms with E-state index in [1.165, 1.54) is 23.4 Å². The minimum atomic E-state index is -0.437. The molecule has 9 heteroatoms. The molecule has 0 saturated heterocycles. The van der Waals surface area contributed by atoms with Crippen LogP contribution in [0.5, 0.6) is 0 Å². The number of amides is 1. The number of aryl methyl sites for hydroxylation is 2. The van der Waals surface area contributed by atoms with Crippen LogP contribution in [0.4, 0.5) is 5.69 Å². The molecular formula is C18H17BrN4O3S. The number of aromatic nitrogens is 3. The van der Waals surface area contributed by atoms with Gasteiger partial charge in [-0.05, 0) is 36.8 Å². The molecule has 0 radical (unpaired) electrons. The Balaban J connectivity index is 1.92. The van der Waals surface area contributed by atoms with Crippen molar-refractivity contribution in [3.05, 3.63) is 61.3 Å². The van der Waals surface area contributed by atoms with E-state index in [1.807, 2.05) is 19.1 Å². The summed E-state index contributed by atoms with van der Waals surface area (Å²) in [7, 11) is 3.00. The van der Waals surface area contributed by atoms with Crippen LogP contribution in [0.2, 0.25) is 0 Å². The van der Waals surface area contributed by atoms with Crippen molar-refractivity contribution in [3.63, 3.8) is 0 Å². The van der Waals surface area contributed by atoms with E-state index in [1.54, 1.807) is 25.4 Å². The van der Waals surface area contributed by atoms with Gasteiger partial charge in [0, 0.05) is 35.3 Å². The fourth-order valence-corrected chi connectivity index (χ4v) is 3.87. The summed E-state index contributed by atoms with van der Waals surface area (Å²) in [6.45, 7) is 1.83. The van der Waals surface area contributed by atoms with Gasteiger partial charge in [-0.15, -0.1) is 11.8 Å². The first-order chi connectivity index (χ1) is 12.8. The van der Waals surface area contributed by atoms with E-state index in [0.29, 0.717) is 21.6 Å². The van der Waals surface area contributed by atoms with E-state index in [-0.39, 0.29) is 11.7 Å². The highest BCUT2D eigenvalue weighted by atomic mass is 79.9. The van der Waals surface area contributed by atoms with Crippen LogP contribution in [0.1, 0.15) is 5.56 Å². The van der Waals surface area contributed by atoms with E-state index in [4.69, 9.17) is 0 Å². The van der Waals surface area contributed by atoms with Gasteiger partial charge in [-0.25, -0.2) is 9.78 Å². The lowest BCUT2D eigenvalue weighted by Crippen LogP contribution is -2.37. The summed E-state index contributed by atoms with van der Waals surface area (Å²) >= 11 is 4.60. The molecule has 3 aromatic rings. The fraction of sp³-hybridized carbons (Fsp3) is 0.222. The molecule has 0 bridgehead atoms. The molecule has 0 fully saturated rings. The minimum Gasteiger partial charge on any atom is -0.325 e. The summed E-state index contributed by atoms with van der Waals surface area (Å²) in [6.07, 6.45) is 1.61. The molecule has 0 saturated carbocycles. The predicted molar refractivity (Wildman–Crippen MR) is 110 cm³/mol. The first-order valence-electron chi connectivity index (χ1n) is 8.03. The third kappa shape index (κ3) is 3.84. The Bertz CT molecular complexity index is 1150. The van der Waals surface area contributed by atoms with Crippen molar-refractivity contribution in [3.8, 4) is 0 Å². The lowest BCUT2D eigenvalue weighted by Gasteiger charge is -2.12. The summed E-state index contributed by atoms with van der Waals surface area (Å²) in [6, 6.07) is 7.28. The molecule has 3 rings (SSSR count). The van der Waals surface area contributed by atoms with E-state index in [2.05, 4.69) is 26.2 Å². The third-order valence-electron chi connectivity index (χ3n) is 4.07. The molecule has 0 aliphatic carbocycles. The Morgan fingerprint density at radius 1 is 1.19 bits per heavy atom. The van der Waals surface area contributed by atoms with Gasteiger partial charge in [0.1, 0.15) is 5.65 Å². The van der Waals surface area contributed by atoms with E-state index < -0.39 is 11.2 Å². The zero-order valence-corrected chi connectivity index (χ0v) is 17.3. The standard InChI is InChI=1S/C18H17BrN4O3S/c1-10-8-20-16-14(17(25)23(3)18(26)22(16)2)15(10)27-9-13(24)21-12-6-4-11(19)5-7-12/h4-8H,9H2,1-3H3,(H,21,24). The Labute approximate surface area is 167 Å². The third-order valence-corrected chi connectivity index (χ3v) is 5.82. The monoisotopic (exact) mass is 448 g/mol. The molecule has 0 atom stereocenters. The number of thioether (sulfide) groups is 1. The second-order valence-corrected chi connectivity index (χ2v) is 7.92. The topological polar surface area (TPSA) is 86.0 Å². The van der Waals surface area contributed by atoms with Crippen molar-refractivity contribution in [1.82, 2.24) is 14.1 Å². The summed E-state index contributed by atoms with van der Waals surface area (Å²) < 4.78 is 3.31. The lowest BCUT2D eigenvalue weighted by molar-refractivity contribution is -0.113. The molecule has 0 aliphatic rings. The minimum absolute atomic E-state index is 0.127. The number of halogens is 1. The smallest absolute Gasteiger partial charge is 0.325 e. The van der Waals surface area contributed by atoms with Crippen LogP contribution in [0, 0.1) is 6.92 Å². The molecule has 1 aromatic carbocycles. The van der Waals surface area contributed by atoms with Crippen LogP contribution in [0.15, 0.2) is 49.4 Å². The summed E-state index contributed by atoms with van der Waals surface area (Å²) in [5.74, 6) is -0.0597. The van der Waals surface area contributed by atoms with Crippen molar-refractivity contribution in [2.75, 3.05) is 11.1 Å². The summed E-state index contributed by atoms with van der Waals surface area (Å²) in [5.41, 5.74) is 0.926. The molecule has 0 spiro atoms. The van der Waals surface area contributed by atoms with Gasteiger partial charge in [-0.1, -0.05) is 15.9 Å². The SMILES string of the molecule is Cc1cnc2c(c1SCC(=O)Nc1ccc(Br)cc1)c(=O)n(C)c(=O)n2C. The quantitative estimate of drug-likeness (QED) is 0.619. The zero-order chi connectivity index (χ0) is 19.7. The number of hydrogen-bond acceptors (Lipinski definition) is 5. The number of benzene rings is 1. The number of nitrogens with one attached hydrogen (secondary N) is 1. The van der Waals surface area contributed by atoms with Crippen LogP contribution >= 0.6 is 27.7 Å². The maximum Gasteiger partial charge on any atom is 0.332 e. The molecule has 2 aromatic heterocycles. The number of fused-ring (bicyclic) bond motifs is 1. The first kappa shape index (κ1) is 19.4. The average Bonchev–Trinajstić information content (AvgIpc) is 2.65. The highest BCUT2D eigenvalue weighted by Gasteiger charge is 2.17. The first-order valence-corrected chi connectivity index (χ1v) is 9.81. The molecule has 0 unspecified atom stereocenters. The Hall–Kier alpha value is -2.39. The highest BCUT2D eigenvalue weighted by Crippen LogP contribution is 2.27. The summed E-state index contributed by atoms with van der Waals surface area (Å²) in [5, 5.41) is 3.17. The number of nitrogens with zero attached hydrogens (tertiary/aromatic N) is 3. The molecule has 27 heavy (non-hydrogen) atoms. The van der Waals surface area contributed by atoms with E-state index >= 15 is 0 Å². The molecule has 2 heterocycles. The number of anilines is 1. The maximum atomic E-state index is 12.6. The van der Waals surface area contributed by atoms with Crippen LogP contribution in [-0.2, 0) is 18.9 Å². The molecule has 140 valence electrons. The Morgan fingerprint density at radius 3 is 2.52 bits per heavy atom. The average molecular weight is 449 g/mol.